The van der Waals surface area contributed by atoms with Gasteiger partial charge in [-0.1, -0.05) is 0 Å². The van der Waals surface area contributed by atoms with E-state index in [1.54, 1.807) is 0 Å². The van der Waals surface area contributed by atoms with Crippen LogP contribution in [0.1, 0.15) is 0 Å². The first-order valence-electron chi connectivity index (χ1n) is 2.75. The zero-order valence-corrected chi connectivity index (χ0v) is 7.88. The zero-order valence-electron chi connectivity index (χ0n) is 5.83. The Morgan fingerprint density at radius 2 is 2.33 bits per heavy atom. The van der Waals surface area contributed by atoms with Gasteiger partial charge in [-0.15, -0.1) is 0 Å². The molecule has 0 aliphatic heterocycles. The van der Waals surface area contributed by atoms with Gasteiger partial charge < -0.3 is 4.90 Å². The van der Waals surface area contributed by atoms with Gasteiger partial charge in [0.2, 0.25) is 0 Å². The van der Waals surface area contributed by atoms with Crippen LogP contribution in [0, 0.1) is 0 Å². The molecule has 0 saturated heterocycles. The third kappa shape index (κ3) is 8.45. The van der Waals surface area contributed by atoms with Crippen LogP contribution in [0.15, 0.2) is 4.52 Å². The van der Waals surface area contributed by atoms with Gasteiger partial charge in [-0.25, -0.2) is 4.52 Å². The topological polar surface area (TPSA) is 27.6 Å². The van der Waals surface area contributed by atoms with Crippen LogP contribution in [-0.2, 0) is 0 Å². The van der Waals surface area contributed by atoms with E-state index < -0.39 is 0 Å². The van der Waals surface area contributed by atoms with Gasteiger partial charge in [0.15, 0.2) is 0 Å². The van der Waals surface area contributed by atoms with Crippen molar-refractivity contribution in [2.45, 2.75) is 0 Å². The maximum atomic E-state index is 3.79. The first kappa shape index (κ1) is 9.45. The number of likely N-dealkylation sites (N-methyl/N-ethyl adjacent to an activating group) is 1. The van der Waals surface area contributed by atoms with Crippen LogP contribution >= 0.6 is 17.9 Å². The summed E-state index contributed by atoms with van der Waals surface area (Å²) in [6.07, 6.45) is 0. The zero-order chi connectivity index (χ0) is 7.11. The molecule has 0 aliphatic carbocycles. The molecule has 0 saturated carbocycles. The van der Waals surface area contributed by atoms with Crippen molar-refractivity contribution in [1.82, 2.24) is 9.99 Å². The van der Waals surface area contributed by atoms with Gasteiger partial charge in [-0.05, 0) is 23.5 Å². The number of nitrogens with zero attached hydrogens (tertiary/aromatic N) is 2. The van der Waals surface area contributed by atoms with E-state index in [4.69, 9.17) is 0 Å². The fraction of sp³-hybridized carbons (Fsp3) is 1.00. The molecular formula is C4H13N3P2. The van der Waals surface area contributed by atoms with Crippen molar-refractivity contribution < 1.29 is 0 Å². The van der Waals surface area contributed by atoms with Crippen LogP contribution in [0.3, 0.4) is 0 Å². The van der Waals surface area contributed by atoms with Gasteiger partial charge in [0.1, 0.15) is 0 Å². The highest BCUT2D eigenvalue weighted by Crippen LogP contribution is 1.96. The lowest BCUT2D eigenvalue weighted by Crippen LogP contribution is -2.21. The molecule has 0 bridgehead atoms. The summed E-state index contributed by atoms with van der Waals surface area (Å²) in [6, 6.07) is 0. The summed E-state index contributed by atoms with van der Waals surface area (Å²) < 4.78 is 3.79. The Morgan fingerprint density at radius 3 is 2.78 bits per heavy atom. The number of rotatable bonds is 4. The van der Waals surface area contributed by atoms with E-state index in [9.17, 15) is 0 Å². The smallest absolute Gasteiger partial charge is 0.0938 e. The fourth-order valence-electron chi connectivity index (χ4n) is 0.364. The molecule has 0 fully saturated rings. The van der Waals surface area contributed by atoms with E-state index in [0.29, 0.717) is 0 Å². The quantitative estimate of drug-likeness (QED) is 0.496. The number of nitrogens with one attached hydrogen (secondary N) is 1. The minimum Gasteiger partial charge on any atom is -0.308 e. The minimum atomic E-state index is 0.944. The van der Waals surface area contributed by atoms with Gasteiger partial charge in [0.05, 0.1) is 8.52 Å². The van der Waals surface area contributed by atoms with Crippen LogP contribution in [0.2, 0.25) is 0 Å². The first-order valence-corrected chi connectivity index (χ1v) is 4.11. The van der Waals surface area contributed by atoms with Crippen molar-refractivity contribution in [1.29, 1.82) is 0 Å². The molecule has 0 amide bonds. The molecule has 9 heavy (non-hydrogen) atoms. The molecule has 0 aliphatic rings. The predicted octanol–water partition coefficient (Wildman–Crippen LogP) is 0.972. The van der Waals surface area contributed by atoms with Gasteiger partial charge in [-0.3, -0.25) is 5.09 Å². The lowest BCUT2D eigenvalue weighted by atomic mass is 10.6. The molecule has 0 aromatic rings. The standard InChI is InChI=1S/C4H13N3P2/c1-7(2)4-3-5-9-6-8/h3-4,8H2,1-2H3,(H,5,6). The second-order valence-corrected chi connectivity index (χ2v) is 3.37. The lowest BCUT2D eigenvalue weighted by molar-refractivity contribution is 0.415. The molecule has 0 heterocycles. The van der Waals surface area contributed by atoms with E-state index in [1.807, 2.05) is 0 Å². The monoisotopic (exact) mass is 165 g/mol. The average Bonchev–Trinajstić information content (AvgIpc) is 1.80. The van der Waals surface area contributed by atoms with Gasteiger partial charge in [-0.2, -0.15) is 0 Å². The van der Waals surface area contributed by atoms with E-state index in [1.165, 1.54) is 0 Å². The Bertz CT molecular complexity index is 83.9. The summed E-state index contributed by atoms with van der Waals surface area (Å²) in [6.45, 7) is 2.06. The third-order valence-electron chi connectivity index (χ3n) is 0.799. The highest BCUT2D eigenvalue weighted by atomic mass is 31.1. The van der Waals surface area contributed by atoms with Crippen molar-refractivity contribution in [2.75, 3.05) is 27.2 Å². The second-order valence-electron chi connectivity index (χ2n) is 1.93. The average molecular weight is 165 g/mol. The maximum absolute atomic E-state index is 3.79. The van der Waals surface area contributed by atoms with Gasteiger partial charge in [0, 0.05) is 13.1 Å². The van der Waals surface area contributed by atoms with E-state index in [2.05, 4.69) is 38.0 Å². The van der Waals surface area contributed by atoms with Crippen LogP contribution < -0.4 is 5.09 Å². The van der Waals surface area contributed by atoms with Crippen LogP contribution in [0.4, 0.5) is 0 Å². The van der Waals surface area contributed by atoms with Crippen molar-refractivity contribution in [3.63, 3.8) is 0 Å². The minimum absolute atomic E-state index is 0.944. The van der Waals surface area contributed by atoms with Crippen LogP contribution in [-0.4, -0.2) is 32.1 Å². The molecule has 1 atom stereocenters. The molecule has 1 N–H and O–H groups in total. The summed E-state index contributed by atoms with van der Waals surface area (Å²) >= 11 is 0. The number of hydrogen-bond acceptors (Lipinski definition) is 2. The normalized spacial score (nSPS) is 11.6. The summed E-state index contributed by atoms with van der Waals surface area (Å²) in [5.74, 6) is 0. The SMILES string of the molecule is CN(C)CCNP=NP. The molecule has 1 unspecified atom stereocenters. The lowest BCUT2D eigenvalue weighted by Gasteiger charge is -2.06. The largest absolute Gasteiger partial charge is 0.308 e. The highest BCUT2D eigenvalue weighted by Gasteiger charge is 1.85. The molecule has 0 radical (unpaired) electrons. The highest BCUT2D eigenvalue weighted by molar-refractivity contribution is 7.33. The van der Waals surface area contributed by atoms with Gasteiger partial charge >= 0.3 is 0 Å². The molecule has 0 spiro atoms. The Morgan fingerprint density at radius 1 is 1.67 bits per heavy atom. The first-order chi connectivity index (χ1) is 4.27. The molecule has 0 aromatic heterocycles. The maximum Gasteiger partial charge on any atom is 0.0938 e. The van der Waals surface area contributed by atoms with E-state index in [0.717, 1.165) is 21.6 Å². The third-order valence-corrected chi connectivity index (χ3v) is 1.63. The molecule has 54 valence electrons. The summed E-state index contributed by atoms with van der Waals surface area (Å²) in [5, 5.41) is 3.11. The molecule has 0 rings (SSSR count). The molecule has 0 aromatic carbocycles. The number of hydrogen-bond donors (Lipinski definition) is 1. The van der Waals surface area contributed by atoms with Crippen molar-refractivity contribution >= 4 is 17.9 Å². The Kier molecular flexibility index (Phi) is 6.90. The molecule has 5 heteroatoms. The Labute approximate surface area is 60.4 Å². The fourth-order valence-corrected chi connectivity index (χ4v) is 0.891. The van der Waals surface area contributed by atoms with E-state index >= 15 is 0 Å². The van der Waals surface area contributed by atoms with Crippen LogP contribution in [0.5, 0.6) is 0 Å². The Hall–Kier alpha value is 0.450. The summed E-state index contributed by atoms with van der Waals surface area (Å²) in [7, 11) is 7.36. The van der Waals surface area contributed by atoms with E-state index in [-0.39, 0.29) is 0 Å². The Balaban J connectivity index is 2.91. The summed E-state index contributed by atoms with van der Waals surface area (Å²) in [5.41, 5.74) is 0. The summed E-state index contributed by atoms with van der Waals surface area (Å²) in [4.78, 5) is 2.13. The van der Waals surface area contributed by atoms with Crippen molar-refractivity contribution in [3.8, 4) is 0 Å². The van der Waals surface area contributed by atoms with Crippen molar-refractivity contribution in [3.05, 3.63) is 0 Å². The van der Waals surface area contributed by atoms with Gasteiger partial charge in [0.25, 0.3) is 0 Å². The second kappa shape index (κ2) is 6.57. The predicted molar refractivity (Wildman–Crippen MR) is 45.6 cm³/mol. The molecular weight excluding hydrogens is 152 g/mol. The molecule has 3 nitrogen and oxygen atoms in total. The van der Waals surface area contributed by atoms with Crippen molar-refractivity contribution in [2.24, 2.45) is 4.52 Å². The van der Waals surface area contributed by atoms with Crippen LogP contribution in [0.25, 0.3) is 0 Å².